The van der Waals surface area contributed by atoms with E-state index in [1.165, 1.54) is 0 Å². The van der Waals surface area contributed by atoms with Gasteiger partial charge in [0.25, 0.3) is 0 Å². The number of carbonyl (C=O) groups excluding carboxylic acids is 2. The van der Waals surface area contributed by atoms with Crippen LogP contribution in [0.5, 0.6) is 0 Å². The predicted molar refractivity (Wildman–Crippen MR) is 94.6 cm³/mol. The highest BCUT2D eigenvalue weighted by molar-refractivity contribution is 6.05. The van der Waals surface area contributed by atoms with Crippen LogP contribution in [0.4, 0.5) is 11.4 Å². The molecule has 2 heterocycles. The lowest BCUT2D eigenvalue weighted by atomic mass is 9.90. The summed E-state index contributed by atoms with van der Waals surface area (Å²) in [6.07, 6.45) is 5.37. The lowest BCUT2D eigenvalue weighted by Gasteiger charge is -2.24. The first-order valence-electron chi connectivity index (χ1n) is 7.99. The van der Waals surface area contributed by atoms with E-state index in [0.29, 0.717) is 11.4 Å². The van der Waals surface area contributed by atoms with Gasteiger partial charge in [0.15, 0.2) is 0 Å². The Morgan fingerprint density at radius 3 is 2.92 bits per heavy atom. The minimum atomic E-state index is -0.498. The predicted octanol–water partition coefficient (Wildman–Crippen LogP) is 2.94. The lowest BCUT2D eigenvalue weighted by molar-refractivity contribution is -0.123. The van der Waals surface area contributed by atoms with Gasteiger partial charge in [0.1, 0.15) is 0 Å². The van der Waals surface area contributed by atoms with E-state index in [1.807, 2.05) is 59.3 Å². The third-order valence-corrected chi connectivity index (χ3v) is 4.23. The van der Waals surface area contributed by atoms with Crippen molar-refractivity contribution in [1.29, 1.82) is 0 Å². The molecule has 0 aliphatic carbocycles. The van der Waals surface area contributed by atoms with Crippen LogP contribution in [0.1, 0.15) is 17.9 Å². The first kappa shape index (κ1) is 15.1. The number of aromatic nitrogens is 2. The number of imidazole rings is 1. The summed E-state index contributed by atoms with van der Waals surface area (Å²) in [5.74, 6) is -0.835. The molecule has 124 valence electrons. The number of fused-ring (bicyclic) bond motifs is 1. The van der Waals surface area contributed by atoms with Crippen LogP contribution in [0.25, 0.3) is 5.69 Å². The molecule has 0 bridgehead atoms. The van der Waals surface area contributed by atoms with Crippen LogP contribution in [0.2, 0.25) is 0 Å². The van der Waals surface area contributed by atoms with Gasteiger partial charge in [-0.15, -0.1) is 0 Å². The van der Waals surface area contributed by atoms with Crippen LogP contribution in [-0.4, -0.2) is 21.4 Å². The van der Waals surface area contributed by atoms with Gasteiger partial charge in [0, 0.05) is 35.9 Å². The maximum atomic E-state index is 12.8. The summed E-state index contributed by atoms with van der Waals surface area (Å²) in [6.45, 7) is 0. The van der Waals surface area contributed by atoms with E-state index in [1.54, 1.807) is 12.5 Å². The molecular formula is C19H16N4O2. The van der Waals surface area contributed by atoms with Crippen molar-refractivity contribution in [2.75, 3.05) is 10.6 Å². The molecule has 25 heavy (non-hydrogen) atoms. The third kappa shape index (κ3) is 3.01. The van der Waals surface area contributed by atoms with E-state index in [-0.39, 0.29) is 18.2 Å². The number of amides is 2. The van der Waals surface area contributed by atoms with Crippen LogP contribution in [0.3, 0.4) is 0 Å². The molecule has 6 heteroatoms. The second kappa shape index (κ2) is 6.24. The molecule has 0 spiro atoms. The Morgan fingerprint density at radius 2 is 2.08 bits per heavy atom. The van der Waals surface area contributed by atoms with Gasteiger partial charge in [-0.2, -0.15) is 0 Å². The van der Waals surface area contributed by atoms with Crippen LogP contribution in [0, 0.1) is 0 Å². The Labute approximate surface area is 144 Å². The molecule has 2 aromatic carbocycles. The zero-order valence-electron chi connectivity index (χ0n) is 13.3. The largest absolute Gasteiger partial charge is 0.326 e. The summed E-state index contributed by atoms with van der Waals surface area (Å²) in [4.78, 5) is 28.7. The summed E-state index contributed by atoms with van der Waals surface area (Å²) < 4.78 is 1.86. The van der Waals surface area contributed by atoms with Crippen LogP contribution >= 0.6 is 0 Å². The second-order valence-corrected chi connectivity index (χ2v) is 5.90. The molecule has 1 aliphatic heterocycles. The second-order valence-electron chi connectivity index (χ2n) is 5.90. The third-order valence-electron chi connectivity index (χ3n) is 4.23. The standard InChI is InChI=1S/C19H16N4O2/c24-18-11-16(15-6-1-2-7-17(15)22-18)19(25)21-13-4-3-5-14(10-13)23-9-8-20-12-23/h1-10,12,16H,11H2,(H,21,25)(H,22,24)/t16-/m1/s1. The highest BCUT2D eigenvalue weighted by Gasteiger charge is 2.30. The molecule has 0 saturated carbocycles. The lowest BCUT2D eigenvalue weighted by Crippen LogP contribution is -2.30. The van der Waals surface area contributed by atoms with Gasteiger partial charge >= 0.3 is 0 Å². The molecule has 2 amide bonds. The van der Waals surface area contributed by atoms with Crippen molar-refractivity contribution in [2.45, 2.75) is 12.3 Å². The minimum Gasteiger partial charge on any atom is -0.326 e. The van der Waals surface area contributed by atoms with Gasteiger partial charge in [0.05, 0.1) is 12.2 Å². The molecule has 1 atom stereocenters. The van der Waals surface area contributed by atoms with Crippen molar-refractivity contribution in [3.05, 3.63) is 72.8 Å². The molecule has 1 aliphatic rings. The maximum Gasteiger partial charge on any atom is 0.232 e. The Kier molecular flexibility index (Phi) is 3.78. The number of para-hydroxylation sites is 1. The van der Waals surface area contributed by atoms with Crippen molar-refractivity contribution in [2.24, 2.45) is 0 Å². The molecule has 0 radical (unpaired) electrons. The highest BCUT2D eigenvalue weighted by Crippen LogP contribution is 2.32. The Morgan fingerprint density at radius 1 is 1.20 bits per heavy atom. The van der Waals surface area contributed by atoms with E-state index in [9.17, 15) is 9.59 Å². The van der Waals surface area contributed by atoms with Gasteiger partial charge in [-0.05, 0) is 29.8 Å². The molecule has 4 rings (SSSR count). The van der Waals surface area contributed by atoms with Crippen molar-refractivity contribution >= 4 is 23.2 Å². The Hall–Kier alpha value is -3.41. The number of benzene rings is 2. The van der Waals surface area contributed by atoms with Crippen molar-refractivity contribution in [1.82, 2.24) is 9.55 Å². The zero-order chi connectivity index (χ0) is 17.2. The molecule has 0 saturated heterocycles. The topological polar surface area (TPSA) is 76.0 Å². The summed E-state index contributed by atoms with van der Waals surface area (Å²) in [5.41, 5.74) is 3.12. The van der Waals surface area contributed by atoms with Gasteiger partial charge in [0.2, 0.25) is 11.8 Å². The van der Waals surface area contributed by atoms with Crippen LogP contribution in [-0.2, 0) is 9.59 Å². The first-order valence-corrected chi connectivity index (χ1v) is 7.99. The van der Waals surface area contributed by atoms with Gasteiger partial charge in [-0.25, -0.2) is 4.98 Å². The van der Waals surface area contributed by atoms with Gasteiger partial charge < -0.3 is 15.2 Å². The van der Waals surface area contributed by atoms with Crippen molar-refractivity contribution < 1.29 is 9.59 Å². The average Bonchev–Trinajstić information content (AvgIpc) is 3.16. The van der Waals surface area contributed by atoms with E-state index in [2.05, 4.69) is 15.6 Å². The number of nitrogens with one attached hydrogen (secondary N) is 2. The number of nitrogens with zero attached hydrogens (tertiary/aromatic N) is 2. The van der Waals surface area contributed by atoms with Gasteiger partial charge in [-0.1, -0.05) is 24.3 Å². The summed E-state index contributed by atoms with van der Waals surface area (Å²) >= 11 is 0. The minimum absolute atomic E-state index is 0.143. The van der Waals surface area contributed by atoms with Crippen molar-refractivity contribution in [3.63, 3.8) is 0 Å². The van der Waals surface area contributed by atoms with Gasteiger partial charge in [-0.3, -0.25) is 9.59 Å². The summed E-state index contributed by atoms with van der Waals surface area (Å²) in [6, 6.07) is 14.9. The fourth-order valence-corrected chi connectivity index (χ4v) is 3.03. The highest BCUT2D eigenvalue weighted by atomic mass is 16.2. The fourth-order valence-electron chi connectivity index (χ4n) is 3.03. The van der Waals surface area contributed by atoms with Crippen LogP contribution in [0.15, 0.2) is 67.3 Å². The molecule has 2 N–H and O–H groups in total. The first-order chi connectivity index (χ1) is 12.2. The van der Waals surface area contributed by atoms with E-state index in [4.69, 9.17) is 0 Å². The van der Waals surface area contributed by atoms with Crippen LogP contribution < -0.4 is 10.6 Å². The molecule has 0 fully saturated rings. The normalized spacial score (nSPS) is 16.0. The number of hydrogen-bond donors (Lipinski definition) is 2. The number of carbonyl (C=O) groups is 2. The number of hydrogen-bond acceptors (Lipinski definition) is 3. The average molecular weight is 332 g/mol. The molecule has 3 aromatic rings. The summed E-state index contributed by atoms with van der Waals surface area (Å²) in [5, 5.41) is 5.73. The summed E-state index contributed by atoms with van der Waals surface area (Å²) in [7, 11) is 0. The molecule has 1 aromatic heterocycles. The maximum absolute atomic E-state index is 12.8. The molecule has 6 nitrogen and oxygen atoms in total. The Balaban J connectivity index is 1.59. The van der Waals surface area contributed by atoms with Crippen molar-refractivity contribution in [3.8, 4) is 5.69 Å². The number of rotatable bonds is 3. The smallest absolute Gasteiger partial charge is 0.232 e. The molecule has 0 unspecified atom stereocenters. The van der Waals surface area contributed by atoms with E-state index < -0.39 is 5.92 Å². The molecular weight excluding hydrogens is 316 g/mol. The fraction of sp³-hybridized carbons (Fsp3) is 0.105. The number of anilines is 2. The van der Waals surface area contributed by atoms with E-state index in [0.717, 1.165) is 11.3 Å². The SMILES string of the molecule is O=C1C[C@@H](C(=O)Nc2cccc(-n3ccnc3)c2)c2ccccc2N1. The van der Waals surface area contributed by atoms with E-state index >= 15 is 0 Å². The zero-order valence-corrected chi connectivity index (χ0v) is 13.3. The Bertz CT molecular complexity index is 934. The quantitative estimate of drug-likeness (QED) is 0.774. The monoisotopic (exact) mass is 332 g/mol.